The number of piperidine rings is 1. The normalized spacial score (nSPS) is 26.9. The van der Waals surface area contributed by atoms with Gasteiger partial charge in [0.1, 0.15) is 0 Å². The Morgan fingerprint density at radius 2 is 1.87 bits per heavy atom. The lowest BCUT2D eigenvalue weighted by molar-refractivity contribution is 0.209. The smallest absolute Gasteiger partial charge is 0.213 e. The molecule has 134 valence electrons. The molecule has 23 heavy (non-hydrogen) atoms. The zero-order chi connectivity index (χ0) is 16.9. The Balaban J connectivity index is 1.74. The minimum atomic E-state index is -3.20. The maximum atomic E-state index is 12.0. The molecule has 2 atom stereocenters. The van der Waals surface area contributed by atoms with Gasteiger partial charge >= 0.3 is 0 Å². The molecule has 0 amide bonds. The number of guanidine groups is 1. The van der Waals surface area contributed by atoms with E-state index in [0.29, 0.717) is 30.8 Å². The van der Waals surface area contributed by atoms with E-state index >= 15 is 0 Å². The lowest BCUT2D eigenvalue weighted by Gasteiger charge is -2.37. The molecule has 1 aliphatic heterocycles. The highest BCUT2D eigenvalue weighted by Crippen LogP contribution is 2.25. The van der Waals surface area contributed by atoms with Gasteiger partial charge < -0.3 is 10.2 Å². The van der Waals surface area contributed by atoms with Gasteiger partial charge in [0.05, 0.1) is 5.75 Å². The summed E-state index contributed by atoms with van der Waals surface area (Å²) in [5, 5.41) is 3.21. The van der Waals surface area contributed by atoms with E-state index in [2.05, 4.69) is 33.8 Å². The summed E-state index contributed by atoms with van der Waals surface area (Å²) in [4.78, 5) is 6.56. The van der Waals surface area contributed by atoms with Crippen molar-refractivity contribution >= 4 is 16.0 Å². The Bertz CT molecular complexity index is 492. The molecule has 1 saturated heterocycles. The molecule has 0 aromatic rings. The number of rotatable bonds is 6. The van der Waals surface area contributed by atoms with E-state index in [-0.39, 0.29) is 5.75 Å². The summed E-state index contributed by atoms with van der Waals surface area (Å²) < 4.78 is 26.8. The van der Waals surface area contributed by atoms with Crippen LogP contribution >= 0.6 is 0 Å². The third-order valence-corrected chi connectivity index (χ3v) is 6.20. The van der Waals surface area contributed by atoms with E-state index in [1.807, 2.05) is 0 Å². The van der Waals surface area contributed by atoms with Crippen LogP contribution in [-0.2, 0) is 10.0 Å². The second kappa shape index (κ2) is 8.33. The van der Waals surface area contributed by atoms with Gasteiger partial charge in [-0.2, -0.15) is 0 Å². The Labute approximate surface area is 141 Å². The van der Waals surface area contributed by atoms with Crippen molar-refractivity contribution in [1.82, 2.24) is 14.9 Å². The average molecular weight is 345 g/mol. The van der Waals surface area contributed by atoms with Gasteiger partial charge in [0, 0.05) is 33.2 Å². The molecule has 2 unspecified atom stereocenters. The lowest BCUT2D eigenvalue weighted by Crippen LogP contribution is -2.49. The van der Waals surface area contributed by atoms with E-state index in [4.69, 9.17) is 0 Å². The van der Waals surface area contributed by atoms with Crippen molar-refractivity contribution in [2.75, 3.05) is 39.0 Å². The van der Waals surface area contributed by atoms with Crippen LogP contribution in [0.4, 0.5) is 0 Å². The number of hydrogen-bond donors (Lipinski definition) is 2. The van der Waals surface area contributed by atoms with Gasteiger partial charge in [-0.05, 0) is 37.0 Å². The first-order valence-corrected chi connectivity index (χ1v) is 10.5. The molecule has 7 heteroatoms. The minimum absolute atomic E-state index is 0.0949. The molecule has 2 aliphatic rings. The fourth-order valence-electron chi connectivity index (χ4n) is 3.48. The van der Waals surface area contributed by atoms with E-state index < -0.39 is 10.0 Å². The molecule has 0 spiro atoms. The molecule has 6 nitrogen and oxygen atoms in total. The fraction of sp³-hybridized carbons (Fsp3) is 0.938. The quantitative estimate of drug-likeness (QED) is 0.562. The van der Waals surface area contributed by atoms with E-state index in [0.717, 1.165) is 31.9 Å². The number of nitrogens with one attached hydrogen (secondary N) is 2. The summed E-state index contributed by atoms with van der Waals surface area (Å²) in [7, 11) is -1.44. The standard InChI is InChI=1S/C16H32N4O2S/c1-13-9-14(2)12-20(11-13)16(17-3)18-7-8-23(21,22)19-10-15-5-4-6-15/h13-15,19H,4-12H2,1-3H3,(H,17,18). The van der Waals surface area contributed by atoms with Gasteiger partial charge in [-0.1, -0.05) is 20.3 Å². The maximum Gasteiger partial charge on any atom is 0.213 e. The van der Waals surface area contributed by atoms with Crippen molar-refractivity contribution < 1.29 is 8.42 Å². The Hall–Kier alpha value is -0.820. The number of likely N-dealkylation sites (tertiary alicyclic amines) is 1. The molecule has 1 saturated carbocycles. The predicted octanol–water partition coefficient (Wildman–Crippen LogP) is 1.26. The first-order chi connectivity index (χ1) is 10.9. The van der Waals surface area contributed by atoms with Crippen molar-refractivity contribution in [3.63, 3.8) is 0 Å². The van der Waals surface area contributed by atoms with E-state index in [1.54, 1.807) is 7.05 Å². The minimum Gasteiger partial charge on any atom is -0.355 e. The van der Waals surface area contributed by atoms with Gasteiger partial charge in [0.15, 0.2) is 5.96 Å². The molecule has 0 aromatic heterocycles. The second-order valence-electron chi connectivity index (χ2n) is 7.29. The Kier molecular flexibility index (Phi) is 6.71. The SMILES string of the molecule is CN=C(NCCS(=O)(=O)NCC1CCC1)N1CC(C)CC(C)C1. The zero-order valence-corrected chi connectivity index (χ0v) is 15.5. The molecule has 1 heterocycles. The van der Waals surface area contributed by atoms with Crippen LogP contribution in [0.5, 0.6) is 0 Å². The third kappa shape index (κ3) is 5.95. The van der Waals surface area contributed by atoms with Crippen LogP contribution in [0, 0.1) is 17.8 Å². The highest BCUT2D eigenvalue weighted by molar-refractivity contribution is 7.89. The topological polar surface area (TPSA) is 73.8 Å². The monoisotopic (exact) mass is 344 g/mol. The summed E-state index contributed by atoms with van der Waals surface area (Å²) >= 11 is 0. The summed E-state index contributed by atoms with van der Waals surface area (Å²) in [6, 6.07) is 0. The van der Waals surface area contributed by atoms with Gasteiger partial charge in [0.25, 0.3) is 0 Å². The first-order valence-electron chi connectivity index (χ1n) is 8.82. The largest absolute Gasteiger partial charge is 0.355 e. The van der Waals surface area contributed by atoms with Crippen LogP contribution in [0.3, 0.4) is 0 Å². The maximum absolute atomic E-state index is 12.0. The first kappa shape index (κ1) is 18.5. The highest BCUT2D eigenvalue weighted by atomic mass is 32.2. The van der Waals surface area contributed by atoms with Crippen LogP contribution in [0.2, 0.25) is 0 Å². The number of nitrogens with zero attached hydrogens (tertiary/aromatic N) is 2. The van der Waals surface area contributed by atoms with Crippen LogP contribution in [-0.4, -0.2) is 58.3 Å². The molecule has 2 fully saturated rings. The van der Waals surface area contributed by atoms with Crippen LogP contribution in [0.1, 0.15) is 39.5 Å². The molecule has 0 bridgehead atoms. The zero-order valence-electron chi connectivity index (χ0n) is 14.7. The van der Waals surface area contributed by atoms with Crippen LogP contribution in [0.25, 0.3) is 0 Å². The molecule has 0 aromatic carbocycles. The fourth-order valence-corrected chi connectivity index (χ4v) is 4.48. The van der Waals surface area contributed by atoms with E-state index in [1.165, 1.54) is 12.8 Å². The molecular formula is C16H32N4O2S. The van der Waals surface area contributed by atoms with Gasteiger partial charge in [-0.3, -0.25) is 4.99 Å². The number of sulfonamides is 1. The van der Waals surface area contributed by atoms with Gasteiger partial charge in [-0.25, -0.2) is 13.1 Å². The number of aliphatic imine (C=N–C) groups is 1. The van der Waals surface area contributed by atoms with Gasteiger partial charge in [-0.15, -0.1) is 0 Å². The average Bonchev–Trinajstić information content (AvgIpc) is 2.40. The third-order valence-electron chi connectivity index (χ3n) is 4.85. The second-order valence-corrected chi connectivity index (χ2v) is 9.22. The Morgan fingerprint density at radius 1 is 1.22 bits per heavy atom. The summed E-state index contributed by atoms with van der Waals surface area (Å²) in [5.74, 6) is 2.74. The Morgan fingerprint density at radius 3 is 2.39 bits per heavy atom. The van der Waals surface area contributed by atoms with Crippen molar-refractivity contribution in [1.29, 1.82) is 0 Å². The molecule has 0 radical (unpaired) electrons. The number of hydrogen-bond acceptors (Lipinski definition) is 3. The van der Waals surface area contributed by atoms with Crippen LogP contribution in [0.15, 0.2) is 4.99 Å². The van der Waals surface area contributed by atoms with Gasteiger partial charge in [0.2, 0.25) is 10.0 Å². The predicted molar refractivity (Wildman–Crippen MR) is 95.0 cm³/mol. The van der Waals surface area contributed by atoms with Crippen molar-refractivity contribution in [2.24, 2.45) is 22.7 Å². The molecule has 1 aliphatic carbocycles. The van der Waals surface area contributed by atoms with Crippen molar-refractivity contribution in [3.05, 3.63) is 0 Å². The van der Waals surface area contributed by atoms with Crippen molar-refractivity contribution in [3.8, 4) is 0 Å². The molecule has 2 N–H and O–H groups in total. The highest BCUT2D eigenvalue weighted by Gasteiger charge is 2.24. The van der Waals surface area contributed by atoms with Crippen LogP contribution < -0.4 is 10.0 Å². The summed E-state index contributed by atoms with van der Waals surface area (Å²) in [6.07, 6.45) is 4.78. The van der Waals surface area contributed by atoms with Crippen molar-refractivity contribution in [2.45, 2.75) is 39.5 Å². The molecular weight excluding hydrogens is 312 g/mol. The van der Waals surface area contributed by atoms with E-state index in [9.17, 15) is 8.42 Å². The summed E-state index contributed by atoms with van der Waals surface area (Å²) in [6.45, 7) is 7.47. The lowest BCUT2D eigenvalue weighted by atomic mass is 9.86. The molecule has 2 rings (SSSR count). The summed E-state index contributed by atoms with van der Waals surface area (Å²) in [5.41, 5.74) is 0.